The minimum Gasteiger partial charge on any atom is -0.405 e. The predicted molar refractivity (Wildman–Crippen MR) is 153 cm³/mol. The molecule has 2 fully saturated rings. The highest BCUT2D eigenvalue weighted by Gasteiger charge is 2.71. The van der Waals surface area contributed by atoms with Gasteiger partial charge in [0.15, 0.2) is 0 Å². The van der Waals surface area contributed by atoms with Crippen LogP contribution in [0.3, 0.4) is 0 Å². The molecule has 0 amide bonds. The molecule has 4 rings (SSSR count). The van der Waals surface area contributed by atoms with Crippen molar-refractivity contribution in [2.24, 2.45) is 10.8 Å². The van der Waals surface area contributed by atoms with Gasteiger partial charge in [-0.2, -0.15) is 0 Å². The first-order valence-corrected chi connectivity index (χ1v) is 13.7. The van der Waals surface area contributed by atoms with Gasteiger partial charge in [0.1, 0.15) is 0 Å². The molecule has 0 spiro atoms. The van der Waals surface area contributed by atoms with E-state index in [0.29, 0.717) is 0 Å². The molecule has 1 aliphatic carbocycles. The Balaban J connectivity index is 1.78. The molecule has 0 bridgehead atoms. The molecule has 2 unspecified atom stereocenters. The van der Waals surface area contributed by atoms with Gasteiger partial charge >= 0.3 is 14.0 Å². The molecule has 0 radical (unpaired) electrons. The molecule has 0 N–H and O–H groups in total. The van der Waals surface area contributed by atoms with Crippen molar-refractivity contribution in [3.63, 3.8) is 0 Å². The number of hydrogen-bond donors (Lipinski definition) is 0. The summed E-state index contributed by atoms with van der Waals surface area (Å²) in [5.74, 6) is 0. The Bertz CT molecular complexity index is 1110. The third-order valence-corrected chi connectivity index (χ3v) is 9.57. The van der Waals surface area contributed by atoms with Crippen molar-refractivity contribution in [2.75, 3.05) is 0 Å². The Morgan fingerprint density at radius 3 is 1.62 bits per heavy atom. The highest BCUT2D eigenvalue weighted by atomic mass is 16.7. The molecule has 1 aromatic rings. The molecular weight excluding hydrogens is 460 g/mol. The third-order valence-electron chi connectivity index (χ3n) is 9.57. The molecular formula is C30H47B2NO4. The zero-order valence-electron chi connectivity index (χ0n) is 25.6. The minimum absolute atomic E-state index is 0.0418. The fraction of sp³-hybridized carbons (Fsp3) is 0.700. The largest absolute Gasteiger partial charge is 0.489 e. The van der Waals surface area contributed by atoms with Crippen molar-refractivity contribution < 1.29 is 18.6 Å². The first-order chi connectivity index (χ1) is 16.6. The lowest BCUT2D eigenvalue weighted by molar-refractivity contribution is -0.0666. The Kier molecular flexibility index (Phi) is 6.42. The number of rotatable bonds is 3. The van der Waals surface area contributed by atoms with E-state index in [-0.39, 0.29) is 10.8 Å². The van der Waals surface area contributed by atoms with Crippen molar-refractivity contribution in [2.45, 2.75) is 125 Å². The number of aromatic nitrogens is 1. The van der Waals surface area contributed by atoms with E-state index in [1.807, 2.05) is 6.20 Å². The first kappa shape index (κ1) is 28.6. The van der Waals surface area contributed by atoms with Crippen LogP contribution < -0.4 is 0 Å². The van der Waals surface area contributed by atoms with E-state index in [9.17, 15) is 0 Å². The van der Waals surface area contributed by atoms with Crippen molar-refractivity contribution in [3.8, 4) is 0 Å². The molecule has 1 aromatic heterocycles. The molecule has 2 saturated heterocycles. The van der Waals surface area contributed by atoms with E-state index in [0.717, 1.165) is 11.3 Å². The van der Waals surface area contributed by atoms with Crippen LogP contribution in [0.5, 0.6) is 0 Å². The van der Waals surface area contributed by atoms with Gasteiger partial charge in [-0.25, -0.2) is 0 Å². The second-order valence-electron chi connectivity index (χ2n) is 15.0. The van der Waals surface area contributed by atoms with Crippen molar-refractivity contribution in [3.05, 3.63) is 47.3 Å². The van der Waals surface area contributed by atoms with Crippen LogP contribution in [-0.2, 0) is 24.0 Å². The Labute approximate surface area is 226 Å². The standard InChI is InChI=1S/C30H47B2NO4/c1-24(2,3)20-15-17-22(33-19-20)21-16-18-23(25(4,5)6)29(21,13)30(14)28(11,12)36-32(37-30)31-34-26(7,8)27(9,10)35-31/h15-19H,1-14H3. The molecule has 2 aliphatic heterocycles. The smallest absolute Gasteiger partial charge is 0.405 e. The zero-order valence-corrected chi connectivity index (χ0v) is 25.6. The van der Waals surface area contributed by atoms with Gasteiger partial charge in [0.05, 0.1) is 28.1 Å². The summed E-state index contributed by atoms with van der Waals surface area (Å²) in [6.07, 6.45) is 6.51. The van der Waals surface area contributed by atoms with Crippen LogP contribution in [0.2, 0.25) is 0 Å². The molecule has 3 aliphatic rings. The lowest BCUT2D eigenvalue weighted by Gasteiger charge is -2.53. The monoisotopic (exact) mass is 507 g/mol. The number of nitrogens with zero attached hydrogens (tertiary/aromatic N) is 1. The van der Waals surface area contributed by atoms with Gasteiger partial charge in [0.2, 0.25) is 0 Å². The molecule has 7 heteroatoms. The van der Waals surface area contributed by atoms with Crippen molar-refractivity contribution in [1.82, 2.24) is 4.98 Å². The quantitative estimate of drug-likeness (QED) is 0.413. The fourth-order valence-corrected chi connectivity index (χ4v) is 6.13. The lowest BCUT2D eigenvalue weighted by Crippen LogP contribution is -2.58. The Morgan fingerprint density at radius 2 is 1.16 bits per heavy atom. The second-order valence-corrected chi connectivity index (χ2v) is 15.0. The van der Waals surface area contributed by atoms with Gasteiger partial charge < -0.3 is 18.6 Å². The third kappa shape index (κ3) is 4.29. The molecule has 2 atom stereocenters. The maximum Gasteiger partial charge on any atom is 0.489 e. The second kappa shape index (κ2) is 8.30. The summed E-state index contributed by atoms with van der Waals surface area (Å²) in [5.41, 5.74) is 1.74. The summed E-state index contributed by atoms with van der Waals surface area (Å²) in [5, 5.41) is 0. The number of allylic oxidation sites excluding steroid dienone is 2. The normalized spacial score (nSPS) is 31.1. The topological polar surface area (TPSA) is 49.8 Å². The summed E-state index contributed by atoms with van der Waals surface area (Å²) >= 11 is 0. The van der Waals surface area contributed by atoms with Crippen LogP contribution in [0.4, 0.5) is 0 Å². The van der Waals surface area contributed by atoms with Crippen molar-refractivity contribution >= 4 is 19.6 Å². The summed E-state index contributed by atoms with van der Waals surface area (Å²) < 4.78 is 26.4. The summed E-state index contributed by atoms with van der Waals surface area (Å²) in [6.45, 7) is 30.4. The van der Waals surface area contributed by atoms with E-state index in [4.69, 9.17) is 23.6 Å². The van der Waals surface area contributed by atoms with Gasteiger partial charge in [0.25, 0.3) is 0 Å². The van der Waals surface area contributed by atoms with E-state index in [1.165, 1.54) is 11.1 Å². The van der Waals surface area contributed by atoms with Gasteiger partial charge in [-0.3, -0.25) is 4.98 Å². The van der Waals surface area contributed by atoms with Crippen LogP contribution in [0.1, 0.15) is 108 Å². The molecule has 3 heterocycles. The van der Waals surface area contributed by atoms with Crippen LogP contribution >= 0.6 is 0 Å². The summed E-state index contributed by atoms with van der Waals surface area (Å²) in [6, 6.07) is 4.35. The van der Waals surface area contributed by atoms with Gasteiger partial charge in [0, 0.05) is 11.6 Å². The van der Waals surface area contributed by atoms with Crippen LogP contribution in [0, 0.1) is 10.8 Å². The average Bonchev–Trinajstić information content (AvgIpc) is 3.29. The predicted octanol–water partition coefficient (Wildman–Crippen LogP) is 7.00. The molecule has 37 heavy (non-hydrogen) atoms. The van der Waals surface area contributed by atoms with Gasteiger partial charge in [-0.05, 0) is 83.4 Å². The maximum absolute atomic E-state index is 7.00. The average molecular weight is 507 g/mol. The molecule has 0 aromatic carbocycles. The van der Waals surface area contributed by atoms with E-state index in [2.05, 4.69) is 121 Å². The Hall–Kier alpha value is -1.40. The fourth-order valence-electron chi connectivity index (χ4n) is 6.13. The first-order valence-electron chi connectivity index (χ1n) is 13.7. The van der Waals surface area contributed by atoms with Gasteiger partial charge in [-0.15, -0.1) is 0 Å². The van der Waals surface area contributed by atoms with Gasteiger partial charge in [-0.1, -0.05) is 65.3 Å². The van der Waals surface area contributed by atoms with Crippen LogP contribution in [0.15, 0.2) is 36.1 Å². The highest BCUT2D eigenvalue weighted by molar-refractivity contribution is 7.11. The van der Waals surface area contributed by atoms with Crippen molar-refractivity contribution in [1.29, 1.82) is 0 Å². The summed E-state index contributed by atoms with van der Waals surface area (Å²) in [7, 11) is -1.27. The molecule has 202 valence electrons. The van der Waals surface area contributed by atoms with Crippen LogP contribution in [-0.4, -0.2) is 41.4 Å². The SMILES string of the molecule is CC(C)(C)C1=CC=C(c2ccc(C(C)(C)C)cn2)C1(C)C1(C)OB(B2OC(C)(C)C(C)(C)O2)OC1(C)C. The van der Waals surface area contributed by atoms with E-state index < -0.39 is 41.8 Å². The highest BCUT2D eigenvalue weighted by Crippen LogP contribution is 2.63. The molecule has 5 nitrogen and oxygen atoms in total. The molecule has 0 saturated carbocycles. The lowest BCUT2D eigenvalue weighted by atomic mass is 9.48. The van der Waals surface area contributed by atoms with Crippen LogP contribution in [0.25, 0.3) is 5.57 Å². The summed E-state index contributed by atoms with van der Waals surface area (Å²) in [4.78, 5) is 4.98. The number of hydrogen-bond acceptors (Lipinski definition) is 5. The Morgan fingerprint density at radius 1 is 0.649 bits per heavy atom. The minimum atomic E-state index is -0.736. The number of pyridine rings is 1. The van der Waals surface area contributed by atoms with E-state index in [1.54, 1.807) is 0 Å². The zero-order chi connectivity index (χ0) is 28.0. The maximum atomic E-state index is 7.00. The van der Waals surface area contributed by atoms with E-state index >= 15 is 0 Å².